The standard InChI is InChI=1S/C11H14F3N3O3S/c1-6(8-17-7(5-21-8)9(18)19)16-10(20)15-4-2-3-11(12,13)14/h5-6H,2-4H2,1H3,(H,18,19)(H2,15,16,20). The van der Waals surface area contributed by atoms with Crippen LogP contribution in [-0.2, 0) is 0 Å². The lowest BCUT2D eigenvalue weighted by atomic mass is 10.3. The normalized spacial score (nSPS) is 12.8. The summed E-state index contributed by atoms with van der Waals surface area (Å²) >= 11 is 1.08. The first kappa shape index (κ1) is 17.2. The van der Waals surface area contributed by atoms with Gasteiger partial charge in [0, 0.05) is 18.3 Å². The number of thiazole rings is 1. The summed E-state index contributed by atoms with van der Waals surface area (Å²) in [5, 5.41) is 15.2. The maximum atomic E-state index is 11.9. The van der Waals surface area contributed by atoms with Crippen LogP contribution in [0.15, 0.2) is 5.38 Å². The number of nitrogens with zero attached hydrogens (tertiary/aromatic N) is 1. The number of carbonyl (C=O) groups excluding carboxylic acids is 1. The maximum Gasteiger partial charge on any atom is 0.389 e. The first-order chi connectivity index (χ1) is 9.69. The van der Waals surface area contributed by atoms with Crippen molar-refractivity contribution in [3.63, 3.8) is 0 Å². The van der Waals surface area contributed by atoms with Crippen LogP contribution in [0, 0.1) is 0 Å². The van der Waals surface area contributed by atoms with Crippen molar-refractivity contribution < 1.29 is 27.9 Å². The fraction of sp³-hybridized carbons (Fsp3) is 0.545. The predicted octanol–water partition coefficient (Wildman–Crippen LogP) is 2.54. The largest absolute Gasteiger partial charge is 0.476 e. The molecule has 0 saturated heterocycles. The molecule has 0 aliphatic heterocycles. The minimum atomic E-state index is -4.24. The second-order valence-corrected chi connectivity index (χ2v) is 5.11. The van der Waals surface area contributed by atoms with E-state index in [0.29, 0.717) is 5.01 Å². The molecule has 3 N–H and O–H groups in total. The quantitative estimate of drug-likeness (QED) is 0.701. The van der Waals surface area contributed by atoms with Gasteiger partial charge in [-0.05, 0) is 13.3 Å². The number of rotatable bonds is 6. The average Bonchev–Trinajstić information content (AvgIpc) is 2.83. The zero-order valence-corrected chi connectivity index (χ0v) is 11.8. The van der Waals surface area contributed by atoms with Crippen molar-refractivity contribution in [2.24, 2.45) is 0 Å². The van der Waals surface area contributed by atoms with Gasteiger partial charge in [0.2, 0.25) is 0 Å². The highest BCUT2D eigenvalue weighted by atomic mass is 32.1. The van der Waals surface area contributed by atoms with Crippen LogP contribution < -0.4 is 10.6 Å². The highest BCUT2D eigenvalue weighted by Crippen LogP contribution is 2.20. The molecule has 0 aliphatic rings. The number of carboxylic acids is 1. The maximum absolute atomic E-state index is 11.9. The third-order valence-corrected chi connectivity index (χ3v) is 3.41. The number of halogens is 3. The number of hydrogen-bond acceptors (Lipinski definition) is 4. The van der Waals surface area contributed by atoms with Gasteiger partial charge in [-0.25, -0.2) is 14.6 Å². The van der Waals surface area contributed by atoms with Gasteiger partial charge in [0.05, 0.1) is 6.04 Å². The van der Waals surface area contributed by atoms with Gasteiger partial charge in [-0.15, -0.1) is 11.3 Å². The van der Waals surface area contributed by atoms with Crippen LogP contribution in [0.5, 0.6) is 0 Å². The Bertz CT molecular complexity index is 504. The van der Waals surface area contributed by atoms with E-state index in [-0.39, 0.29) is 18.7 Å². The van der Waals surface area contributed by atoms with Crippen molar-refractivity contribution in [1.29, 1.82) is 0 Å². The van der Waals surface area contributed by atoms with Crippen LogP contribution in [0.2, 0.25) is 0 Å². The van der Waals surface area contributed by atoms with Gasteiger partial charge in [0.1, 0.15) is 5.01 Å². The summed E-state index contributed by atoms with van der Waals surface area (Å²) in [6.45, 7) is 1.50. The second-order valence-electron chi connectivity index (χ2n) is 4.22. The number of urea groups is 1. The van der Waals surface area contributed by atoms with E-state index in [4.69, 9.17) is 5.11 Å². The Morgan fingerprint density at radius 2 is 2.14 bits per heavy atom. The second kappa shape index (κ2) is 7.25. The number of nitrogens with one attached hydrogen (secondary N) is 2. The Morgan fingerprint density at radius 1 is 1.48 bits per heavy atom. The Balaban J connectivity index is 2.34. The zero-order chi connectivity index (χ0) is 16.0. The van der Waals surface area contributed by atoms with Crippen molar-refractivity contribution in [3.05, 3.63) is 16.1 Å². The Kier molecular flexibility index (Phi) is 5.94. The molecule has 0 radical (unpaired) electrons. The van der Waals surface area contributed by atoms with Crippen LogP contribution in [0.3, 0.4) is 0 Å². The summed E-state index contributed by atoms with van der Waals surface area (Å²) in [5.41, 5.74) is -0.116. The van der Waals surface area contributed by atoms with Gasteiger partial charge in [-0.3, -0.25) is 0 Å². The van der Waals surface area contributed by atoms with Gasteiger partial charge in [0.15, 0.2) is 5.69 Å². The Morgan fingerprint density at radius 3 is 2.67 bits per heavy atom. The molecule has 1 atom stereocenters. The summed E-state index contributed by atoms with van der Waals surface area (Å²) in [7, 11) is 0. The smallest absolute Gasteiger partial charge is 0.389 e. The lowest BCUT2D eigenvalue weighted by Gasteiger charge is -2.12. The number of carboxylic acid groups (broad SMARTS) is 1. The molecule has 0 saturated carbocycles. The third kappa shape index (κ3) is 6.43. The SMILES string of the molecule is CC(NC(=O)NCCCC(F)(F)F)c1nc(C(=O)O)cs1. The molecule has 0 spiro atoms. The number of amides is 2. The molecule has 0 aromatic carbocycles. The summed E-state index contributed by atoms with van der Waals surface area (Å²) in [5.74, 6) is -1.17. The van der Waals surface area contributed by atoms with E-state index < -0.39 is 30.6 Å². The molecule has 21 heavy (non-hydrogen) atoms. The summed E-state index contributed by atoms with van der Waals surface area (Å²) in [4.78, 5) is 25.9. The van der Waals surface area contributed by atoms with Crippen LogP contribution in [0.1, 0.15) is 41.3 Å². The van der Waals surface area contributed by atoms with E-state index >= 15 is 0 Å². The van der Waals surface area contributed by atoms with Crippen molar-refractivity contribution in [1.82, 2.24) is 15.6 Å². The van der Waals surface area contributed by atoms with E-state index in [1.165, 1.54) is 5.38 Å². The summed E-state index contributed by atoms with van der Waals surface area (Å²) < 4.78 is 35.7. The molecule has 1 heterocycles. The van der Waals surface area contributed by atoms with Gasteiger partial charge < -0.3 is 15.7 Å². The van der Waals surface area contributed by atoms with Crippen molar-refractivity contribution >= 4 is 23.3 Å². The van der Waals surface area contributed by atoms with Gasteiger partial charge in [-0.1, -0.05) is 0 Å². The van der Waals surface area contributed by atoms with E-state index in [2.05, 4.69) is 15.6 Å². The minimum Gasteiger partial charge on any atom is -0.476 e. The Labute approximate surface area is 122 Å². The van der Waals surface area contributed by atoms with Crippen LogP contribution in [-0.4, -0.2) is 34.8 Å². The molecule has 0 aliphatic carbocycles. The van der Waals surface area contributed by atoms with Gasteiger partial charge in [-0.2, -0.15) is 13.2 Å². The zero-order valence-electron chi connectivity index (χ0n) is 11.0. The van der Waals surface area contributed by atoms with E-state index in [0.717, 1.165) is 11.3 Å². The van der Waals surface area contributed by atoms with Crippen molar-refractivity contribution in [2.45, 2.75) is 32.0 Å². The Hall–Kier alpha value is -1.84. The number of hydrogen-bond donors (Lipinski definition) is 3. The predicted molar refractivity (Wildman–Crippen MR) is 69.3 cm³/mol. The lowest BCUT2D eigenvalue weighted by Crippen LogP contribution is -2.37. The molecule has 118 valence electrons. The molecular weight excluding hydrogens is 311 g/mol. The molecule has 0 bridgehead atoms. The third-order valence-electron chi connectivity index (χ3n) is 2.38. The number of alkyl halides is 3. The number of carbonyl (C=O) groups is 2. The first-order valence-electron chi connectivity index (χ1n) is 5.99. The molecule has 1 rings (SSSR count). The molecule has 1 unspecified atom stereocenters. The topological polar surface area (TPSA) is 91.3 Å². The average molecular weight is 325 g/mol. The van der Waals surface area contributed by atoms with Gasteiger partial charge in [0.25, 0.3) is 0 Å². The van der Waals surface area contributed by atoms with Crippen LogP contribution in [0.4, 0.5) is 18.0 Å². The molecule has 2 amide bonds. The first-order valence-corrected chi connectivity index (χ1v) is 6.87. The molecular formula is C11H14F3N3O3S. The highest BCUT2D eigenvalue weighted by molar-refractivity contribution is 7.09. The minimum absolute atomic E-state index is 0.101. The van der Waals surface area contributed by atoms with E-state index in [1.54, 1.807) is 6.92 Å². The molecule has 1 aromatic rings. The van der Waals surface area contributed by atoms with E-state index in [9.17, 15) is 22.8 Å². The monoisotopic (exact) mass is 325 g/mol. The fourth-order valence-electron chi connectivity index (χ4n) is 1.38. The van der Waals surface area contributed by atoms with E-state index in [1.807, 2.05) is 0 Å². The van der Waals surface area contributed by atoms with Gasteiger partial charge >= 0.3 is 18.2 Å². The number of aromatic carboxylic acids is 1. The number of aromatic nitrogens is 1. The molecule has 1 aromatic heterocycles. The fourth-order valence-corrected chi connectivity index (χ4v) is 2.18. The molecule has 0 fully saturated rings. The van der Waals surface area contributed by atoms with Crippen LogP contribution in [0.25, 0.3) is 0 Å². The van der Waals surface area contributed by atoms with Crippen molar-refractivity contribution in [2.75, 3.05) is 6.54 Å². The summed E-state index contributed by atoms with van der Waals surface area (Å²) in [6, 6.07) is -1.16. The summed E-state index contributed by atoms with van der Waals surface area (Å²) in [6.07, 6.45) is -5.40. The molecule has 6 nitrogen and oxygen atoms in total. The van der Waals surface area contributed by atoms with Crippen molar-refractivity contribution in [3.8, 4) is 0 Å². The lowest BCUT2D eigenvalue weighted by molar-refractivity contribution is -0.135. The molecule has 10 heteroatoms. The van der Waals surface area contributed by atoms with Crippen LogP contribution >= 0.6 is 11.3 Å². The highest BCUT2D eigenvalue weighted by Gasteiger charge is 2.26.